The Hall–Kier alpha value is -2.94. The zero-order valence-electron chi connectivity index (χ0n) is 16.2. The van der Waals surface area contributed by atoms with Gasteiger partial charge < -0.3 is 15.5 Å². The van der Waals surface area contributed by atoms with Crippen LogP contribution in [0.2, 0.25) is 0 Å². The molecule has 3 heterocycles. The molecule has 0 aromatic heterocycles. The summed E-state index contributed by atoms with van der Waals surface area (Å²) in [5, 5.41) is 18.2. The van der Waals surface area contributed by atoms with E-state index in [1.165, 1.54) is 0 Å². The fraction of sp³-hybridized carbons (Fsp3) is 0.524. The fourth-order valence-electron chi connectivity index (χ4n) is 4.79. The van der Waals surface area contributed by atoms with Crippen LogP contribution in [0.1, 0.15) is 30.4 Å². The van der Waals surface area contributed by atoms with E-state index in [0.29, 0.717) is 38.2 Å². The smallest absolute Gasteiger partial charge is 0.241 e. The van der Waals surface area contributed by atoms with Crippen molar-refractivity contribution in [2.75, 3.05) is 19.6 Å². The van der Waals surface area contributed by atoms with Gasteiger partial charge in [-0.2, -0.15) is 10.5 Å². The van der Waals surface area contributed by atoms with E-state index in [1.807, 2.05) is 28.0 Å². The van der Waals surface area contributed by atoms with Gasteiger partial charge in [0, 0.05) is 32.2 Å². The highest BCUT2D eigenvalue weighted by Crippen LogP contribution is 2.33. The van der Waals surface area contributed by atoms with Gasteiger partial charge in [-0.25, -0.2) is 0 Å². The van der Waals surface area contributed by atoms with Gasteiger partial charge in [-0.05, 0) is 37.0 Å². The quantitative estimate of drug-likeness (QED) is 0.764. The Bertz CT molecular complexity index is 903. The van der Waals surface area contributed by atoms with E-state index < -0.39 is 6.04 Å². The van der Waals surface area contributed by atoms with Gasteiger partial charge in [0.15, 0.2) is 0 Å². The van der Waals surface area contributed by atoms with Crippen LogP contribution < -0.4 is 5.73 Å². The van der Waals surface area contributed by atoms with Gasteiger partial charge in [-0.1, -0.05) is 12.1 Å². The number of fused-ring (bicyclic) bond motifs is 2. The molecule has 1 aromatic carbocycles. The van der Waals surface area contributed by atoms with Crippen LogP contribution in [-0.2, 0) is 16.1 Å². The average Bonchev–Trinajstić information content (AvgIpc) is 3.44. The summed E-state index contributed by atoms with van der Waals surface area (Å²) in [6.07, 6.45) is 2.26. The summed E-state index contributed by atoms with van der Waals surface area (Å²) in [6, 6.07) is 10.4. The van der Waals surface area contributed by atoms with Crippen LogP contribution in [0.4, 0.5) is 0 Å². The van der Waals surface area contributed by atoms with Gasteiger partial charge in [-0.3, -0.25) is 14.5 Å². The SMILES string of the molecule is N#Cc1cccc(CN2C(=O)[C@H]3C[C@@H]2CN3C[C@H](N)C(=O)N2CCC[C@H]2C#N)c1. The third-order valence-corrected chi connectivity index (χ3v) is 6.23. The van der Waals surface area contributed by atoms with Crippen molar-refractivity contribution in [3.8, 4) is 12.1 Å². The Morgan fingerprint density at radius 3 is 2.90 bits per heavy atom. The third-order valence-electron chi connectivity index (χ3n) is 6.23. The molecule has 2 amide bonds. The number of carbonyl (C=O) groups excluding carboxylic acids is 2. The van der Waals surface area contributed by atoms with E-state index >= 15 is 0 Å². The Morgan fingerprint density at radius 1 is 1.34 bits per heavy atom. The summed E-state index contributed by atoms with van der Waals surface area (Å²) in [6.45, 7) is 2.09. The standard InChI is InChI=1S/C21H24N6O2/c22-9-14-3-1-4-15(7-14)11-27-17-8-19(21(27)29)25(12-17)13-18(24)20(28)26-6-2-5-16(26)10-23/h1,3-4,7,16-19H,2,5-6,8,11-13,24H2/t16-,17+,18-,19+/m0/s1. The van der Waals surface area contributed by atoms with Gasteiger partial charge >= 0.3 is 0 Å². The highest BCUT2D eigenvalue weighted by atomic mass is 16.2. The highest BCUT2D eigenvalue weighted by molar-refractivity contribution is 5.86. The van der Waals surface area contributed by atoms with Crippen LogP contribution in [0.25, 0.3) is 0 Å². The number of hydrogen-bond donors (Lipinski definition) is 1. The Kier molecular flexibility index (Phi) is 5.23. The van der Waals surface area contributed by atoms with E-state index in [2.05, 4.69) is 12.1 Å². The second-order valence-corrected chi connectivity index (χ2v) is 8.06. The fourth-order valence-corrected chi connectivity index (χ4v) is 4.79. The first-order valence-electron chi connectivity index (χ1n) is 10.0. The van der Waals surface area contributed by atoms with Gasteiger partial charge in [0.05, 0.1) is 29.8 Å². The van der Waals surface area contributed by atoms with Crippen LogP contribution in [-0.4, -0.2) is 70.3 Å². The molecule has 29 heavy (non-hydrogen) atoms. The minimum absolute atomic E-state index is 0.0549. The molecule has 8 nitrogen and oxygen atoms in total. The number of nitriles is 2. The third kappa shape index (κ3) is 3.57. The van der Waals surface area contributed by atoms with Gasteiger partial charge in [-0.15, -0.1) is 0 Å². The van der Waals surface area contributed by atoms with E-state index in [9.17, 15) is 14.9 Å². The van der Waals surface area contributed by atoms with Gasteiger partial charge in [0.25, 0.3) is 0 Å². The molecule has 2 bridgehead atoms. The molecule has 0 radical (unpaired) electrons. The summed E-state index contributed by atoms with van der Waals surface area (Å²) in [4.78, 5) is 31.0. The van der Waals surface area contributed by atoms with Crippen LogP contribution in [0.5, 0.6) is 0 Å². The van der Waals surface area contributed by atoms with Crippen molar-refractivity contribution in [2.24, 2.45) is 5.73 Å². The Morgan fingerprint density at radius 2 is 2.17 bits per heavy atom. The lowest BCUT2D eigenvalue weighted by Gasteiger charge is -2.35. The maximum atomic E-state index is 12.9. The highest BCUT2D eigenvalue weighted by Gasteiger charge is 2.50. The monoisotopic (exact) mass is 392 g/mol. The number of nitrogens with zero attached hydrogens (tertiary/aromatic N) is 5. The predicted octanol–water partition coefficient (Wildman–Crippen LogP) is 0.185. The molecular formula is C21H24N6O2. The topological polar surface area (TPSA) is 117 Å². The number of carbonyl (C=O) groups is 2. The van der Waals surface area contributed by atoms with Crippen molar-refractivity contribution in [2.45, 2.75) is 50.0 Å². The first-order valence-corrected chi connectivity index (χ1v) is 10.0. The average molecular weight is 392 g/mol. The van der Waals surface area contributed by atoms with E-state index in [0.717, 1.165) is 18.4 Å². The zero-order valence-corrected chi connectivity index (χ0v) is 16.2. The second kappa shape index (κ2) is 7.82. The predicted molar refractivity (Wildman–Crippen MR) is 104 cm³/mol. The minimum Gasteiger partial charge on any atom is -0.333 e. The second-order valence-electron chi connectivity index (χ2n) is 8.06. The van der Waals surface area contributed by atoms with Crippen LogP contribution in [0, 0.1) is 22.7 Å². The zero-order chi connectivity index (χ0) is 20.5. The number of amides is 2. The number of benzene rings is 1. The molecule has 8 heteroatoms. The van der Waals surface area contributed by atoms with Crippen molar-refractivity contribution in [3.05, 3.63) is 35.4 Å². The minimum atomic E-state index is -0.725. The first kappa shape index (κ1) is 19.4. The van der Waals surface area contributed by atoms with Crippen molar-refractivity contribution >= 4 is 11.8 Å². The molecule has 3 aliphatic heterocycles. The molecular weight excluding hydrogens is 368 g/mol. The molecule has 0 unspecified atom stereocenters. The van der Waals surface area contributed by atoms with Crippen LogP contribution in [0.3, 0.4) is 0 Å². The summed E-state index contributed by atoms with van der Waals surface area (Å²) in [5.41, 5.74) is 7.69. The van der Waals surface area contributed by atoms with E-state index in [4.69, 9.17) is 11.0 Å². The van der Waals surface area contributed by atoms with Crippen molar-refractivity contribution in [1.82, 2.24) is 14.7 Å². The van der Waals surface area contributed by atoms with E-state index in [1.54, 1.807) is 11.0 Å². The van der Waals surface area contributed by atoms with Gasteiger partial charge in [0.1, 0.15) is 6.04 Å². The summed E-state index contributed by atoms with van der Waals surface area (Å²) < 4.78 is 0. The van der Waals surface area contributed by atoms with Crippen molar-refractivity contribution in [3.63, 3.8) is 0 Å². The number of hydrogen-bond acceptors (Lipinski definition) is 6. The molecule has 3 fully saturated rings. The van der Waals surface area contributed by atoms with E-state index in [-0.39, 0.29) is 29.9 Å². The maximum absolute atomic E-state index is 12.9. The van der Waals surface area contributed by atoms with Crippen LogP contribution >= 0.6 is 0 Å². The van der Waals surface area contributed by atoms with Gasteiger partial charge in [0.2, 0.25) is 11.8 Å². The summed E-state index contributed by atoms with van der Waals surface area (Å²) in [5.74, 6) is -0.145. The number of rotatable bonds is 5. The molecule has 0 spiro atoms. The largest absolute Gasteiger partial charge is 0.333 e. The maximum Gasteiger partial charge on any atom is 0.241 e. The molecule has 3 saturated heterocycles. The van der Waals surface area contributed by atoms with Crippen molar-refractivity contribution in [1.29, 1.82) is 10.5 Å². The first-order chi connectivity index (χ1) is 14.0. The normalized spacial score (nSPS) is 27.1. The molecule has 150 valence electrons. The molecule has 3 aliphatic rings. The molecule has 4 atom stereocenters. The molecule has 0 aliphatic carbocycles. The number of likely N-dealkylation sites (tertiary alicyclic amines) is 3. The lowest BCUT2D eigenvalue weighted by atomic mass is 10.1. The Balaban J connectivity index is 1.36. The molecule has 4 rings (SSSR count). The summed E-state index contributed by atoms with van der Waals surface area (Å²) in [7, 11) is 0. The summed E-state index contributed by atoms with van der Waals surface area (Å²) >= 11 is 0. The van der Waals surface area contributed by atoms with Crippen molar-refractivity contribution < 1.29 is 9.59 Å². The number of piperazine rings is 1. The lowest BCUT2D eigenvalue weighted by Crippen LogP contribution is -2.56. The lowest BCUT2D eigenvalue weighted by molar-refractivity contribution is -0.139. The molecule has 2 N–H and O–H groups in total. The Labute approximate surface area is 170 Å². The van der Waals surface area contributed by atoms with Crippen LogP contribution in [0.15, 0.2) is 24.3 Å². The number of nitrogens with two attached hydrogens (primary N) is 1. The molecule has 1 aromatic rings. The molecule has 0 saturated carbocycles.